The summed E-state index contributed by atoms with van der Waals surface area (Å²) in [5.41, 5.74) is 2.07. The molecule has 1 atom stereocenters. The number of nitrogens with one attached hydrogen (secondary N) is 1. The number of aromatic nitrogens is 1. The van der Waals surface area contributed by atoms with Crippen LogP contribution in [0.4, 0.5) is 0 Å². The van der Waals surface area contributed by atoms with Gasteiger partial charge in [0, 0.05) is 28.8 Å². The van der Waals surface area contributed by atoms with Gasteiger partial charge < -0.3 is 14.5 Å². The molecule has 0 saturated carbocycles. The molecule has 0 unspecified atom stereocenters. The number of rotatable bonds is 6. The molecule has 0 aliphatic carbocycles. The molecule has 0 saturated heterocycles. The van der Waals surface area contributed by atoms with Crippen molar-refractivity contribution in [1.29, 1.82) is 0 Å². The van der Waals surface area contributed by atoms with Gasteiger partial charge in [-0.3, -0.25) is 4.79 Å². The van der Waals surface area contributed by atoms with E-state index in [4.69, 9.17) is 9.15 Å². The lowest BCUT2D eigenvalue weighted by molar-refractivity contribution is 0.0906. The molecule has 0 bridgehead atoms. The van der Waals surface area contributed by atoms with Crippen molar-refractivity contribution in [1.82, 2.24) is 10.3 Å². The highest BCUT2D eigenvalue weighted by Gasteiger charge is 2.18. The summed E-state index contributed by atoms with van der Waals surface area (Å²) >= 11 is 3.45. The summed E-state index contributed by atoms with van der Waals surface area (Å²) in [6.45, 7) is 2.33. The number of nitrogens with zero attached hydrogens (tertiary/aromatic N) is 1. The number of oxazole rings is 1. The fourth-order valence-corrected chi connectivity index (χ4v) is 3.03. The molecule has 134 valence electrons. The first-order valence-electron chi connectivity index (χ1n) is 8.19. The molecule has 1 N–H and O–H groups in total. The van der Waals surface area contributed by atoms with Gasteiger partial charge in [0.15, 0.2) is 5.76 Å². The van der Waals surface area contributed by atoms with E-state index in [0.717, 1.165) is 10.0 Å². The van der Waals surface area contributed by atoms with Crippen molar-refractivity contribution in [3.63, 3.8) is 0 Å². The second-order valence-electron chi connectivity index (χ2n) is 5.92. The second-order valence-corrected chi connectivity index (χ2v) is 6.83. The van der Waals surface area contributed by atoms with Crippen LogP contribution in [0, 0.1) is 0 Å². The SMILES string of the molecule is COC[C@@H](C)NC(=O)c1ccccc1-c1ncc(-c2cccc(Br)c2)o1. The van der Waals surface area contributed by atoms with Gasteiger partial charge in [0.25, 0.3) is 5.91 Å². The first kappa shape index (κ1) is 18.4. The Hall–Kier alpha value is -2.44. The van der Waals surface area contributed by atoms with Crippen LogP contribution in [-0.4, -0.2) is 30.6 Å². The van der Waals surface area contributed by atoms with Crippen LogP contribution < -0.4 is 5.32 Å². The number of amides is 1. The summed E-state index contributed by atoms with van der Waals surface area (Å²) in [7, 11) is 1.60. The Balaban J connectivity index is 1.90. The van der Waals surface area contributed by atoms with Crippen LogP contribution in [0.25, 0.3) is 22.8 Å². The molecule has 5 nitrogen and oxygen atoms in total. The lowest BCUT2D eigenvalue weighted by Crippen LogP contribution is -2.35. The number of carbonyl (C=O) groups excluding carboxylic acids is 1. The quantitative estimate of drug-likeness (QED) is 0.642. The van der Waals surface area contributed by atoms with Gasteiger partial charge in [0.05, 0.1) is 18.4 Å². The summed E-state index contributed by atoms with van der Waals surface area (Å²) in [6.07, 6.45) is 1.67. The summed E-state index contributed by atoms with van der Waals surface area (Å²) in [5.74, 6) is 0.863. The average molecular weight is 415 g/mol. The summed E-state index contributed by atoms with van der Waals surface area (Å²) < 4.78 is 11.9. The third-order valence-corrected chi connectivity index (χ3v) is 4.30. The molecule has 0 aliphatic heterocycles. The fraction of sp³-hybridized carbons (Fsp3) is 0.200. The molecule has 0 fully saturated rings. The average Bonchev–Trinajstić information content (AvgIpc) is 3.12. The van der Waals surface area contributed by atoms with E-state index in [1.165, 1.54) is 0 Å². The van der Waals surface area contributed by atoms with Crippen LogP contribution in [-0.2, 0) is 4.74 Å². The van der Waals surface area contributed by atoms with Crippen molar-refractivity contribution in [3.05, 3.63) is 64.8 Å². The van der Waals surface area contributed by atoms with Gasteiger partial charge in [0.1, 0.15) is 0 Å². The zero-order valence-electron chi connectivity index (χ0n) is 14.5. The van der Waals surface area contributed by atoms with Crippen LogP contribution in [0.3, 0.4) is 0 Å². The van der Waals surface area contributed by atoms with Crippen LogP contribution >= 0.6 is 15.9 Å². The Kier molecular flexibility index (Phi) is 5.85. The molecule has 0 radical (unpaired) electrons. The van der Waals surface area contributed by atoms with Crippen molar-refractivity contribution < 1.29 is 13.9 Å². The highest BCUT2D eigenvalue weighted by molar-refractivity contribution is 9.10. The standard InChI is InChI=1S/C20H19BrN2O3/c1-13(12-25-2)23-19(24)16-8-3-4-9-17(16)20-22-11-18(26-20)14-6-5-7-15(21)10-14/h3-11,13H,12H2,1-2H3,(H,23,24)/t13-/m1/s1. The maximum atomic E-state index is 12.6. The zero-order valence-corrected chi connectivity index (χ0v) is 16.1. The number of methoxy groups -OCH3 is 1. The Morgan fingerprint density at radius 3 is 2.85 bits per heavy atom. The summed E-state index contributed by atoms with van der Waals surface area (Å²) in [6, 6.07) is 14.9. The van der Waals surface area contributed by atoms with E-state index in [1.807, 2.05) is 49.4 Å². The van der Waals surface area contributed by atoms with E-state index in [9.17, 15) is 4.79 Å². The van der Waals surface area contributed by atoms with Gasteiger partial charge in [-0.15, -0.1) is 0 Å². The minimum atomic E-state index is -0.188. The number of benzene rings is 2. The lowest BCUT2D eigenvalue weighted by atomic mass is 10.1. The first-order valence-corrected chi connectivity index (χ1v) is 8.98. The van der Waals surface area contributed by atoms with Crippen LogP contribution in [0.15, 0.2) is 63.6 Å². The van der Waals surface area contributed by atoms with E-state index in [0.29, 0.717) is 29.4 Å². The molecule has 1 amide bonds. The normalized spacial score (nSPS) is 12.0. The van der Waals surface area contributed by atoms with Gasteiger partial charge in [0.2, 0.25) is 5.89 Å². The van der Waals surface area contributed by atoms with E-state index in [-0.39, 0.29) is 11.9 Å². The van der Waals surface area contributed by atoms with Gasteiger partial charge in [-0.25, -0.2) is 4.98 Å². The Morgan fingerprint density at radius 2 is 2.08 bits per heavy atom. The summed E-state index contributed by atoms with van der Waals surface area (Å²) in [4.78, 5) is 17.0. The summed E-state index contributed by atoms with van der Waals surface area (Å²) in [5, 5.41) is 2.91. The second kappa shape index (κ2) is 8.29. The maximum absolute atomic E-state index is 12.6. The van der Waals surface area contributed by atoms with E-state index in [2.05, 4.69) is 26.2 Å². The number of carbonyl (C=O) groups is 1. The van der Waals surface area contributed by atoms with Crippen molar-refractivity contribution in [2.75, 3.05) is 13.7 Å². The highest BCUT2D eigenvalue weighted by Crippen LogP contribution is 2.29. The Bertz CT molecular complexity index is 907. The number of halogens is 1. The van der Waals surface area contributed by atoms with Gasteiger partial charge in [-0.05, 0) is 31.2 Å². The molecule has 1 aromatic heterocycles. The Labute approximate surface area is 160 Å². The van der Waals surface area contributed by atoms with Crippen molar-refractivity contribution in [2.24, 2.45) is 0 Å². The van der Waals surface area contributed by atoms with Crippen molar-refractivity contribution in [2.45, 2.75) is 13.0 Å². The molecular formula is C20H19BrN2O3. The van der Waals surface area contributed by atoms with Crippen LogP contribution in [0.2, 0.25) is 0 Å². The number of hydrogen-bond donors (Lipinski definition) is 1. The number of ether oxygens (including phenoxy) is 1. The van der Waals surface area contributed by atoms with Crippen LogP contribution in [0.1, 0.15) is 17.3 Å². The first-order chi connectivity index (χ1) is 12.6. The number of hydrogen-bond acceptors (Lipinski definition) is 4. The minimum Gasteiger partial charge on any atom is -0.436 e. The largest absolute Gasteiger partial charge is 0.436 e. The molecule has 0 aliphatic rings. The maximum Gasteiger partial charge on any atom is 0.252 e. The monoisotopic (exact) mass is 414 g/mol. The van der Waals surface area contributed by atoms with Gasteiger partial charge in [-0.1, -0.05) is 40.2 Å². The molecular weight excluding hydrogens is 396 g/mol. The third-order valence-electron chi connectivity index (χ3n) is 3.81. The molecule has 26 heavy (non-hydrogen) atoms. The highest BCUT2D eigenvalue weighted by atomic mass is 79.9. The van der Waals surface area contributed by atoms with Gasteiger partial charge in [-0.2, -0.15) is 0 Å². The topological polar surface area (TPSA) is 64.4 Å². The fourth-order valence-electron chi connectivity index (χ4n) is 2.63. The van der Waals surface area contributed by atoms with E-state index in [1.54, 1.807) is 19.4 Å². The molecule has 1 heterocycles. The molecule has 3 rings (SSSR count). The van der Waals surface area contributed by atoms with Gasteiger partial charge >= 0.3 is 0 Å². The van der Waals surface area contributed by atoms with E-state index < -0.39 is 0 Å². The zero-order chi connectivity index (χ0) is 18.5. The molecule has 3 aromatic rings. The predicted octanol–water partition coefficient (Wildman–Crippen LogP) is 4.54. The predicted molar refractivity (Wildman–Crippen MR) is 104 cm³/mol. The minimum absolute atomic E-state index is 0.0950. The lowest BCUT2D eigenvalue weighted by Gasteiger charge is -2.14. The van der Waals surface area contributed by atoms with Crippen molar-refractivity contribution >= 4 is 21.8 Å². The molecule has 0 spiro atoms. The van der Waals surface area contributed by atoms with Crippen molar-refractivity contribution in [3.8, 4) is 22.8 Å². The third kappa shape index (κ3) is 4.20. The molecule has 2 aromatic carbocycles. The van der Waals surface area contributed by atoms with E-state index >= 15 is 0 Å². The molecule has 6 heteroatoms. The van der Waals surface area contributed by atoms with Crippen LogP contribution in [0.5, 0.6) is 0 Å². The smallest absolute Gasteiger partial charge is 0.252 e. The Morgan fingerprint density at radius 1 is 1.27 bits per heavy atom.